The molecule has 1 saturated heterocycles. The minimum atomic E-state index is -0.870. The molecule has 0 saturated carbocycles. The first-order chi connectivity index (χ1) is 8.16. The normalized spacial score (nSPS) is 18.5. The van der Waals surface area contributed by atoms with Gasteiger partial charge in [-0.15, -0.1) is 11.6 Å². The molecule has 5 heteroatoms. The molecule has 4 nitrogen and oxygen atoms in total. The third-order valence-corrected chi connectivity index (χ3v) is 2.75. The maximum Gasteiger partial charge on any atom is 0.335 e. The fraction of sp³-hybridized carbons (Fsp3) is 0.417. The number of alkyl halides is 1. The molecule has 0 amide bonds. The van der Waals surface area contributed by atoms with Gasteiger partial charge in [-0.2, -0.15) is 0 Å². The Morgan fingerprint density at radius 1 is 1.35 bits per heavy atom. The lowest BCUT2D eigenvalue weighted by atomic mass is 10.2. The summed E-state index contributed by atoms with van der Waals surface area (Å²) in [5.41, 5.74) is 1.45. The first-order valence-electron chi connectivity index (χ1n) is 5.44. The van der Waals surface area contributed by atoms with Crippen molar-refractivity contribution in [3.63, 3.8) is 0 Å². The van der Waals surface area contributed by atoms with Gasteiger partial charge in [0.05, 0.1) is 25.7 Å². The van der Waals surface area contributed by atoms with Crippen LogP contribution in [-0.2, 0) is 0 Å². The zero-order valence-electron chi connectivity index (χ0n) is 10.1. The number of likely N-dealkylation sites (N-methyl/N-ethyl adjacent to an activating group) is 1. The molecule has 1 heterocycles. The van der Waals surface area contributed by atoms with Crippen molar-refractivity contribution >= 4 is 23.3 Å². The van der Waals surface area contributed by atoms with E-state index in [2.05, 4.69) is 23.5 Å². The molecule has 1 aliphatic rings. The van der Waals surface area contributed by atoms with Crippen molar-refractivity contribution in [2.75, 3.05) is 38.1 Å². The molecule has 1 aromatic rings. The highest BCUT2D eigenvalue weighted by molar-refractivity contribution is 6.15. The molecule has 1 unspecified atom stereocenters. The predicted octanol–water partition coefficient (Wildman–Crippen LogP) is 0.532. The molecule has 94 valence electrons. The van der Waals surface area contributed by atoms with Crippen LogP contribution in [0.25, 0.3) is 0 Å². The van der Waals surface area contributed by atoms with Crippen LogP contribution in [0.5, 0.6) is 0 Å². The summed E-state index contributed by atoms with van der Waals surface area (Å²) in [6.45, 7) is 3.17. The van der Waals surface area contributed by atoms with E-state index in [1.165, 1.54) is 11.3 Å². The van der Waals surface area contributed by atoms with E-state index < -0.39 is 5.97 Å². The Morgan fingerprint density at radius 3 is 2.35 bits per heavy atom. The van der Waals surface area contributed by atoms with Crippen molar-refractivity contribution < 1.29 is 14.8 Å². The van der Waals surface area contributed by atoms with Crippen LogP contribution in [0.1, 0.15) is 10.4 Å². The van der Waals surface area contributed by atoms with Gasteiger partial charge < -0.3 is 14.9 Å². The number of hydrogen-bond acceptors (Lipinski definition) is 2. The highest BCUT2D eigenvalue weighted by atomic mass is 35.5. The number of aromatic carboxylic acids is 1. The van der Waals surface area contributed by atoms with E-state index in [9.17, 15) is 4.79 Å². The van der Waals surface area contributed by atoms with Crippen molar-refractivity contribution in [2.24, 2.45) is 0 Å². The lowest BCUT2D eigenvalue weighted by Gasteiger charge is -2.15. The van der Waals surface area contributed by atoms with E-state index >= 15 is 0 Å². The summed E-state index contributed by atoms with van der Waals surface area (Å²) in [6, 6.07) is 7.07. The zero-order chi connectivity index (χ0) is 12.8. The predicted molar refractivity (Wildman–Crippen MR) is 69.1 cm³/mol. The van der Waals surface area contributed by atoms with Gasteiger partial charge in [0.25, 0.3) is 0 Å². The standard InChI is InChI=1S/C11H14N2O2.CH3Cl/c1-12-6-7-13(8-12)10-4-2-9(3-5-10)11(14)15;1-2/h2-5H,6-8H2,1H3,(H,14,15);1H3/p+1. The van der Waals surface area contributed by atoms with Crippen molar-refractivity contribution in [1.29, 1.82) is 0 Å². The molecule has 1 aromatic carbocycles. The van der Waals surface area contributed by atoms with Gasteiger partial charge in [-0.05, 0) is 24.3 Å². The molecule has 2 N–H and O–H groups in total. The number of anilines is 1. The second kappa shape index (κ2) is 6.47. The Kier molecular flexibility index (Phi) is 5.25. The third kappa shape index (κ3) is 3.61. The quantitative estimate of drug-likeness (QED) is 0.760. The molecule has 0 spiro atoms. The number of nitrogens with one attached hydrogen (secondary N) is 1. The van der Waals surface area contributed by atoms with Crippen LogP contribution in [0, 0.1) is 0 Å². The van der Waals surface area contributed by atoms with Gasteiger partial charge in [0.1, 0.15) is 0 Å². The summed E-state index contributed by atoms with van der Waals surface area (Å²) >= 11 is 4.64. The Hall–Kier alpha value is -1.26. The number of halogens is 1. The molecular formula is C12H18ClN2O2+. The number of carboxylic acids is 1. The average molecular weight is 258 g/mol. The monoisotopic (exact) mass is 257 g/mol. The molecule has 0 aromatic heterocycles. The molecule has 1 fully saturated rings. The molecule has 0 aliphatic carbocycles. The highest BCUT2D eigenvalue weighted by Crippen LogP contribution is 2.14. The summed E-state index contributed by atoms with van der Waals surface area (Å²) in [6.07, 6.45) is 1.47. The lowest BCUT2D eigenvalue weighted by Crippen LogP contribution is -3.07. The highest BCUT2D eigenvalue weighted by Gasteiger charge is 2.19. The molecule has 0 bridgehead atoms. The van der Waals surface area contributed by atoms with Crippen molar-refractivity contribution in [1.82, 2.24) is 0 Å². The fourth-order valence-corrected chi connectivity index (χ4v) is 1.84. The van der Waals surface area contributed by atoms with Crippen molar-refractivity contribution in [3.05, 3.63) is 29.8 Å². The lowest BCUT2D eigenvalue weighted by molar-refractivity contribution is -0.865. The topological polar surface area (TPSA) is 45.0 Å². The Bertz CT molecular complexity index is 367. The van der Waals surface area contributed by atoms with Crippen LogP contribution in [-0.4, -0.2) is 44.3 Å². The molecule has 0 radical (unpaired) electrons. The average Bonchev–Trinajstić information content (AvgIpc) is 2.79. The molecule has 1 aliphatic heterocycles. The smallest absolute Gasteiger partial charge is 0.335 e. The Labute approximate surface area is 106 Å². The first-order valence-corrected chi connectivity index (χ1v) is 6.20. The van der Waals surface area contributed by atoms with Gasteiger partial charge >= 0.3 is 5.97 Å². The van der Waals surface area contributed by atoms with Crippen molar-refractivity contribution in [2.45, 2.75) is 0 Å². The second-order valence-corrected chi connectivity index (χ2v) is 3.98. The number of carbonyl (C=O) groups is 1. The van der Waals surface area contributed by atoms with Gasteiger partial charge in [0.2, 0.25) is 0 Å². The minimum Gasteiger partial charge on any atom is -0.478 e. The van der Waals surface area contributed by atoms with E-state index in [1.54, 1.807) is 12.1 Å². The van der Waals surface area contributed by atoms with E-state index in [0.717, 1.165) is 25.4 Å². The largest absolute Gasteiger partial charge is 0.478 e. The Morgan fingerprint density at radius 2 is 1.94 bits per heavy atom. The zero-order valence-corrected chi connectivity index (χ0v) is 10.9. The first kappa shape index (κ1) is 13.8. The van der Waals surface area contributed by atoms with Gasteiger partial charge in [-0.25, -0.2) is 4.79 Å². The number of nitrogens with zero attached hydrogens (tertiary/aromatic N) is 1. The van der Waals surface area contributed by atoms with Crippen LogP contribution < -0.4 is 9.80 Å². The fourth-order valence-electron chi connectivity index (χ4n) is 1.84. The molecule has 1 atom stereocenters. The second-order valence-electron chi connectivity index (χ2n) is 3.98. The van der Waals surface area contributed by atoms with Crippen LogP contribution in [0.15, 0.2) is 24.3 Å². The number of carboxylic acid groups (broad SMARTS) is 1. The van der Waals surface area contributed by atoms with Gasteiger partial charge in [-0.3, -0.25) is 0 Å². The van der Waals surface area contributed by atoms with E-state index in [0.29, 0.717) is 5.56 Å². The van der Waals surface area contributed by atoms with E-state index in [1.807, 2.05) is 12.1 Å². The van der Waals surface area contributed by atoms with Crippen LogP contribution in [0.4, 0.5) is 5.69 Å². The van der Waals surface area contributed by atoms with Gasteiger partial charge in [0, 0.05) is 12.1 Å². The minimum absolute atomic E-state index is 0.346. The van der Waals surface area contributed by atoms with Crippen LogP contribution in [0.2, 0.25) is 0 Å². The summed E-state index contributed by atoms with van der Waals surface area (Å²) in [7, 11) is 2.16. The summed E-state index contributed by atoms with van der Waals surface area (Å²) < 4.78 is 0. The molecule has 17 heavy (non-hydrogen) atoms. The number of hydrogen-bond donors (Lipinski definition) is 2. The summed E-state index contributed by atoms with van der Waals surface area (Å²) in [5.74, 6) is -0.870. The van der Waals surface area contributed by atoms with Crippen LogP contribution >= 0.6 is 11.6 Å². The number of rotatable bonds is 2. The van der Waals surface area contributed by atoms with Crippen molar-refractivity contribution in [3.8, 4) is 0 Å². The van der Waals surface area contributed by atoms with Gasteiger partial charge in [-0.1, -0.05) is 0 Å². The summed E-state index contributed by atoms with van der Waals surface area (Å²) in [4.78, 5) is 14.4. The Balaban J connectivity index is 0.000000686. The maximum absolute atomic E-state index is 10.7. The maximum atomic E-state index is 10.7. The van der Waals surface area contributed by atoms with E-state index in [-0.39, 0.29) is 0 Å². The molecule has 2 rings (SSSR count). The SMILES string of the molecule is CCl.C[NH+]1CCN(c2ccc(C(=O)O)cc2)C1. The third-order valence-electron chi connectivity index (χ3n) is 2.75. The summed E-state index contributed by atoms with van der Waals surface area (Å²) in [5, 5.41) is 8.77. The van der Waals surface area contributed by atoms with Crippen LogP contribution in [0.3, 0.4) is 0 Å². The van der Waals surface area contributed by atoms with Gasteiger partial charge in [0.15, 0.2) is 6.67 Å². The van der Waals surface area contributed by atoms with E-state index in [4.69, 9.17) is 5.11 Å². The number of benzene rings is 1. The molecular weight excluding hydrogens is 240 g/mol. The number of quaternary nitrogens is 1.